The van der Waals surface area contributed by atoms with E-state index in [1.54, 1.807) is 11.3 Å². The van der Waals surface area contributed by atoms with Crippen LogP contribution in [0.1, 0.15) is 16.5 Å². The molecule has 0 aliphatic carbocycles. The van der Waals surface area contributed by atoms with Crippen molar-refractivity contribution in [3.8, 4) is 0 Å². The minimum atomic E-state index is 0.262. The first-order valence-electron chi connectivity index (χ1n) is 6.53. The summed E-state index contributed by atoms with van der Waals surface area (Å²) in [6.07, 6.45) is 2.77. The number of aromatic nitrogens is 1. The number of rotatable bonds is 4. The van der Waals surface area contributed by atoms with Crippen molar-refractivity contribution in [2.24, 2.45) is 0 Å². The minimum absolute atomic E-state index is 0.262. The maximum Gasteiger partial charge on any atom is 0.0931 e. The van der Waals surface area contributed by atoms with Gasteiger partial charge in [-0.05, 0) is 36.9 Å². The molecule has 0 bridgehead atoms. The van der Waals surface area contributed by atoms with Crippen molar-refractivity contribution in [3.63, 3.8) is 0 Å². The molecule has 1 N–H and O–H groups in total. The Bertz CT molecular complexity index is 718. The molecule has 0 fully saturated rings. The average Bonchev–Trinajstić information content (AvgIpc) is 2.89. The predicted molar refractivity (Wildman–Crippen MR) is 86.6 cm³/mol. The molecule has 2 aromatic heterocycles. The molecular weight excluding hydrogens is 288 g/mol. The Balaban J connectivity index is 1.98. The molecule has 0 saturated heterocycles. The molecule has 2 heterocycles. The lowest BCUT2D eigenvalue weighted by Crippen LogP contribution is -2.18. The van der Waals surface area contributed by atoms with Crippen LogP contribution in [-0.2, 0) is 6.42 Å². The smallest absolute Gasteiger partial charge is 0.0931 e. The Morgan fingerprint density at radius 2 is 2.10 bits per heavy atom. The van der Waals surface area contributed by atoms with Crippen molar-refractivity contribution in [1.29, 1.82) is 0 Å². The number of pyridine rings is 1. The summed E-state index contributed by atoms with van der Waals surface area (Å²) in [5.41, 5.74) is 2.32. The molecule has 3 aromatic rings. The highest BCUT2D eigenvalue weighted by atomic mass is 35.5. The summed E-state index contributed by atoms with van der Waals surface area (Å²) in [5.74, 6) is 0. The van der Waals surface area contributed by atoms with Crippen molar-refractivity contribution >= 4 is 33.8 Å². The van der Waals surface area contributed by atoms with Gasteiger partial charge in [0.1, 0.15) is 0 Å². The van der Waals surface area contributed by atoms with Gasteiger partial charge in [0.05, 0.1) is 9.85 Å². The van der Waals surface area contributed by atoms with Crippen LogP contribution in [0.2, 0.25) is 4.34 Å². The summed E-state index contributed by atoms with van der Waals surface area (Å²) < 4.78 is 0.842. The number of fused-ring (bicyclic) bond motifs is 1. The van der Waals surface area contributed by atoms with E-state index in [0.29, 0.717) is 0 Å². The highest BCUT2D eigenvalue weighted by molar-refractivity contribution is 7.16. The molecule has 0 spiro atoms. The SMILES string of the molecule is CNC(Cc1ccc(Cl)s1)c1cccc2ncccc12. The van der Waals surface area contributed by atoms with Gasteiger partial charge in [-0.2, -0.15) is 0 Å². The number of likely N-dealkylation sites (N-methyl/N-ethyl adjacent to an activating group) is 1. The van der Waals surface area contributed by atoms with Crippen LogP contribution in [0.3, 0.4) is 0 Å². The molecule has 1 aromatic carbocycles. The Morgan fingerprint density at radius 1 is 1.20 bits per heavy atom. The molecule has 1 atom stereocenters. The van der Waals surface area contributed by atoms with Crippen molar-refractivity contribution in [3.05, 3.63) is 63.4 Å². The Morgan fingerprint density at radius 3 is 2.85 bits per heavy atom. The van der Waals surface area contributed by atoms with Gasteiger partial charge in [0.25, 0.3) is 0 Å². The van der Waals surface area contributed by atoms with E-state index in [1.165, 1.54) is 15.8 Å². The lowest BCUT2D eigenvalue weighted by Gasteiger charge is -2.17. The second-order valence-corrected chi connectivity index (χ2v) is 6.47. The monoisotopic (exact) mass is 302 g/mol. The van der Waals surface area contributed by atoms with Gasteiger partial charge in [-0.3, -0.25) is 4.98 Å². The van der Waals surface area contributed by atoms with Gasteiger partial charge in [-0.25, -0.2) is 0 Å². The van der Waals surface area contributed by atoms with Crippen molar-refractivity contribution in [1.82, 2.24) is 10.3 Å². The molecule has 4 heteroatoms. The quantitative estimate of drug-likeness (QED) is 0.770. The molecule has 20 heavy (non-hydrogen) atoms. The molecular formula is C16H15ClN2S. The van der Waals surface area contributed by atoms with Crippen molar-refractivity contribution < 1.29 is 0 Å². The molecule has 3 rings (SSSR count). The zero-order valence-corrected chi connectivity index (χ0v) is 12.7. The van der Waals surface area contributed by atoms with Crippen LogP contribution in [0.4, 0.5) is 0 Å². The Kier molecular flexibility index (Phi) is 4.01. The number of hydrogen-bond acceptors (Lipinski definition) is 3. The summed E-state index contributed by atoms with van der Waals surface area (Å²) in [6.45, 7) is 0. The van der Waals surface area contributed by atoms with Gasteiger partial charge in [-0.15, -0.1) is 11.3 Å². The lowest BCUT2D eigenvalue weighted by molar-refractivity contribution is 0.601. The third-order valence-electron chi connectivity index (χ3n) is 3.44. The average molecular weight is 303 g/mol. The predicted octanol–water partition coefficient (Wildman–Crippen LogP) is 4.45. The fourth-order valence-corrected chi connectivity index (χ4v) is 3.59. The second kappa shape index (κ2) is 5.92. The van der Waals surface area contributed by atoms with Gasteiger partial charge in [0, 0.05) is 28.9 Å². The first kappa shape index (κ1) is 13.6. The van der Waals surface area contributed by atoms with Gasteiger partial charge in [-0.1, -0.05) is 29.8 Å². The third-order valence-corrected chi connectivity index (χ3v) is 4.69. The molecule has 0 aliphatic heterocycles. The first-order chi connectivity index (χ1) is 9.78. The van der Waals surface area contributed by atoms with Crippen LogP contribution < -0.4 is 5.32 Å². The zero-order chi connectivity index (χ0) is 13.9. The van der Waals surface area contributed by atoms with Crippen molar-refractivity contribution in [2.45, 2.75) is 12.5 Å². The van der Waals surface area contributed by atoms with Crippen molar-refractivity contribution in [2.75, 3.05) is 7.05 Å². The third kappa shape index (κ3) is 2.70. The number of nitrogens with zero attached hydrogens (tertiary/aromatic N) is 1. The van der Waals surface area contributed by atoms with Gasteiger partial charge in [0.15, 0.2) is 0 Å². The molecule has 1 unspecified atom stereocenters. The van der Waals surface area contributed by atoms with E-state index in [1.807, 2.05) is 31.4 Å². The normalized spacial score (nSPS) is 12.7. The number of halogens is 1. The lowest BCUT2D eigenvalue weighted by atomic mass is 9.98. The molecule has 0 radical (unpaired) electrons. The maximum absolute atomic E-state index is 6.02. The number of benzene rings is 1. The summed E-state index contributed by atoms with van der Waals surface area (Å²) >= 11 is 7.66. The highest BCUT2D eigenvalue weighted by Gasteiger charge is 2.14. The summed E-state index contributed by atoms with van der Waals surface area (Å²) in [7, 11) is 2.00. The summed E-state index contributed by atoms with van der Waals surface area (Å²) in [5, 5.41) is 4.61. The van der Waals surface area contributed by atoms with E-state index >= 15 is 0 Å². The largest absolute Gasteiger partial charge is 0.313 e. The van der Waals surface area contributed by atoms with Crippen LogP contribution in [0, 0.1) is 0 Å². The maximum atomic E-state index is 6.02. The van der Waals surface area contributed by atoms with Crippen LogP contribution in [0.25, 0.3) is 10.9 Å². The Labute approximate surface area is 127 Å². The van der Waals surface area contributed by atoms with Gasteiger partial charge >= 0.3 is 0 Å². The summed E-state index contributed by atoms with van der Waals surface area (Å²) in [6, 6.07) is 14.7. The molecule has 0 saturated carbocycles. The van der Waals surface area contributed by atoms with Crippen LogP contribution in [-0.4, -0.2) is 12.0 Å². The number of nitrogens with one attached hydrogen (secondary N) is 1. The standard InChI is InChI=1S/C16H15ClN2S/c1-18-15(10-11-7-8-16(17)20-11)13-4-2-6-14-12(13)5-3-9-19-14/h2-9,15,18H,10H2,1H3. The van der Waals surface area contributed by atoms with Gasteiger partial charge < -0.3 is 5.32 Å². The minimum Gasteiger partial charge on any atom is -0.313 e. The van der Waals surface area contributed by atoms with Crippen LogP contribution >= 0.6 is 22.9 Å². The molecule has 2 nitrogen and oxygen atoms in total. The molecule has 102 valence electrons. The Hall–Kier alpha value is -1.42. The van der Waals surface area contributed by atoms with Crippen LogP contribution in [0.15, 0.2) is 48.7 Å². The summed E-state index contributed by atoms with van der Waals surface area (Å²) in [4.78, 5) is 5.71. The van der Waals surface area contributed by atoms with Gasteiger partial charge in [0.2, 0.25) is 0 Å². The molecule has 0 amide bonds. The first-order valence-corrected chi connectivity index (χ1v) is 7.72. The van der Waals surface area contributed by atoms with E-state index in [4.69, 9.17) is 11.6 Å². The van der Waals surface area contributed by atoms with E-state index < -0.39 is 0 Å². The zero-order valence-electron chi connectivity index (χ0n) is 11.1. The fourth-order valence-electron chi connectivity index (χ4n) is 2.46. The number of thiophene rings is 1. The number of hydrogen-bond donors (Lipinski definition) is 1. The van der Waals surface area contributed by atoms with E-state index in [0.717, 1.165) is 16.3 Å². The van der Waals surface area contributed by atoms with E-state index in [9.17, 15) is 0 Å². The van der Waals surface area contributed by atoms with E-state index in [2.05, 4.69) is 34.6 Å². The molecule has 0 aliphatic rings. The second-order valence-electron chi connectivity index (χ2n) is 4.67. The fraction of sp³-hybridized carbons (Fsp3) is 0.188. The van der Waals surface area contributed by atoms with E-state index in [-0.39, 0.29) is 6.04 Å². The van der Waals surface area contributed by atoms with Crippen LogP contribution in [0.5, 0.6) is 0 Å². The highest BCUT2D eigenvalue weighted by Crippen LogP contribution is 2.29. The topological polar surface area (TPSA) is 24.9 Å².